The van der Waals surface area contributed by atoms with Gasteiger partial charge < -0.3 is 9.64 Å². The minimum atomic E-state index is -0.104. The van der Waals surface area contributed by atoms with Crippen molar-refractivity contribution < 1.29 is 9.53 Å². The van der Waals surface area contributed by atoms with Gasteiger partial charge in [-0.1, -0.05) is 13.8 Å². The van der Waals surface area contributed by atoms with E-state index in [4.69, 9.17) is 4.74 Å². The summed E-state index contributed by atoms with van der Waals surface area (Å²) in [7, 11) is 1.45. The number of methoxy groups -OCH3 is 1. The van der Waals surface area contributed by atoms with Crippen molar-refractivity contribution in [3.8, 4) is 0 Å². The SMILES string of the molecule is CCc1csc(N2CC(C)C(C(=O)OC)C2)n1. The molecular weight excluding hydrogens is 236 g/mol. The molecule has 4 nitrogen and oxygen atoms in total. The first kappa shape index (κ1) is 12.4. The lowest BCUT2D eigenvalue weighted by Gasteiger charge is -2.13. The number of rotatable bonds is 3. The quantitative estimate of drug-likeness (QED) is 0.773. The Hall–Kier alpha value is -1.10. The number of esters is 1. The van der Waals surface area contributed by atoms with Crippen molar-refractivity contribution in [3.63, 3.8) is 0 Å². The van der Waals surface area contributed by atoms with Gasteiger partial charge in [0.2, 0.25) is 0 Å². The molecule has 0 N–H and O–H groups in total. The maximum Gasteiger partial charge on any atom is 0.310 e. The first-order chi connectivity index (χ1) is 8.15. The highest BCUT2D eigenvalue weighted by Crippen LogP contribution is 2.30. The van der Waals surface area contributed by atoms with Crippen LogP contribution < -0.4 is 4.90 Å². The van der Waals surface area contributed by atoms with Gasteiger partial charge in [0.1, 0.15) is 0 Å². The van der Waals surface area contributed by atoms with Gasteiger partial charge >= 0.3 is 5.97 Å². The van der Waals surface area contributed by atoms with Gasteiger partial charge in [0.15, 0.2) is 5.13 Å². The summed E-state index contributed by atoms with van der Waals surface area (Å²) in [6.45, 7) is 5.81. The summed E-state index contributed by atoms with van der Waals surface area (Å²) >= 11 is 1.66. The molecule has 0 spiro atoms. The molecule has 1 fully saturated rings. The van der Waals surface area contributed by atoms with E-state index < -0.39 is 0 Å². The van der Waals surface area contributed by atoms with Crippen LogP contribution in [0.2, 0.25) is 0 Å². The number of ether oxygens (including phenoxy) is 1. The molecule has 0 aromatic carbocycles. The summed E-state index contributed by atoms with van der Waals surface area (Å²) in [5.74, 6) is 0.206. The third-order valence-corrected chi connectivity index (χ3v) is 4.24. The molecule has 0 radical (unpaired) electrons. The van der Waals surface area contributed by atoms with Gasteiger partial charge in [-0.15, -0.1) is 11.3 Å². The molecule has 17 heavy (non-hydrogen) atoms. The Labute approximate surface area is 106 Å². The van der Waals surface area contributed by atoms with Crippen LogP contribution in [0.3, 0.4) is 0 Å². The Morgan fingerprint density at radius 1 is 1.65 bits per heavy atom. The van der Waals surface area contributed by atoms with Crippen LogP contribution in [0.1, 0.15) is 19.5 Å². The number of carbonyl (C=O) groups is 1. The minimum Gasteiger partial charge on any atom is -0.469 e. The number of carbonyl (C=O) groups excluding carboxylic acids is 1. The number of hydrogen-bond donors (Lipinski definition) is 0. The van der Waals surface area contributed by atoms with Gasteiger partial charge in [-0.2, -0.15) is 0 Å². The van der Waals surface area contributed by atoms with Gasteiger partial charge in [0.05, 0.1) is 18.7 Å². The van der Waals surface area contributed by atoms with Crippen LogP contribution in [-0.4, -0.2) is 31.2 Å². The molecule has 0 amide bonds. The van der Waals surface area contributed by atoms with Crippen molar-refractivity contribution in [1.29, 1.82) is 0 Å². The molecule has 1 aromatic rings. The molecule has 2 heterocycles. The number of anilines is 1. The maximum absolute atomic E-state index is 11.6. The van der Waals surface area contributed by atoms with E-state index in [1.165, 1.54) is 7.11 Å². The van der Waals surface area contributed by atoms with E-state index in [1.807, 2.05) is 0 Å². The zero-order chi connectivity index (χ0) is 12.4. The topological polar surface area (TPSA) is 42.4 Å². The van der Waals surface area contributed by atoms with Crippen LogP contribution in [0.5, 0.6) is 0 Å². The highest BCUT2D eigenvalue weighted by atomic mass is 32.1. The van der Waals surface area contributed by atoms with Crippen molar-refractivity contribution in [2.45, 2.75) is 20.3 Å². The predicted molar refractivity (Wildman–Crippen MR) is 68.4 cm³/mol. The second kappa shape index (κ2) is 5.04. The van der Waals surface area contributed by atoms with E-state index in [1.54, 1.807) is 11.3 Å². The molecule has 1 aromatic heterocycles. The number of aromatic nitrogens is 1. The molecule has 94 valence electrons. The molecule has 0 saturated carbocycles. The van der Waals surface area contributed by atoms with Gasteiger partial charge in [-0.25, -0.2) is 4.98 Å². The lowest BCUT2D eigenvalue weighted by molar-refractivity contribution is -0.145. The van der Waals surface area contributed by atoms with Crippen LogP contribution in [0.25, 0.3) is 0 Å². The van der Waals surface area contributed by atoms with Gasteiger partial charge in [-0.05, 0) is 12.3 Å². The Kier molecular flexibility index (Phi) is 3.66. The van der Waals surface area contributed by atoms with Crippen molar-refractivity contribution in [3.05, 3.63) is 11.1 Å². The summed E-state index contributed by atoms with van der Waals surface area (Å²) in [6, 6.07) is 0. The fourth-order valence-electron chi connectivity index (χ4n) is 2.19. The first-order valence-corrected chi connectivity index (χ1v) is 6.80. The average Bonchev–Trinajstić information content (AvgIpc) is 2.94. The maximum atomic E-state index is 11.6. The summed E-state index contributed by atoms with van der Waals surface area (Å²) in [4.78, 5) is 18.3. The second-order valence-electron chi connectivity index (χ2n) is 4.49. The van der Waals surface area contributed by atoms with E-state index in [2.05, 4.69) is 29.1 Å². The van der Waals surface area contributed by atoms with Crippen LogP contribution in [0, 0.1) is 11.8 Å². The van der Waals surface area contributed by atoms with Gasteiger partial charge in [-0.3, -0.25) is 4.79 Å². The van der Waals surface area contributed by atoms with E-state index in [0.29, 0.717) is 5.92 Å². The predicted octanol–water partition coefficient (Wildman–Crippen LogP) is 1.95. The third kappa shape index (κ3) is 2.44. The number of thiazole rings is 1. The second-order valence-corrected chi connectivity index (χ2v) is 5.32. The number of aryl methyl sites for hydroxylation is 1. The first-order valence-electron chi connectivity index (χ1n) is 5.92. The molecule has 1 saturated heterocycles. The molecular formula is C12H18N2O2S. The summed E-state index contributed by atoms with van der Waals surface area (Å²) in [6.07, 6.45) is 0.959. The van der Waals surface area contributed by atoms with Crippen LogP contribution in [0.15, 0.2) is 5.38 Å². The van der Waals surface area contributed by atoms with Gasteiger partial charge in [0.25, 0.3) is 0 Å². The fourth-order valence-corrected chi connectivity index (χ4v) is 3.11. The normalized spacial score (nSPS) is 24.1. The monoisotopic (exact) mass is 254 g/mol. The molecule has 5 heteroatoms. The Morgan fingerprint density at radius 2 is 2.41 bits per heavy atom. The molecule has 1 aliphatic rings. The standard InChI is InChI=1S/C12H18N2O2S/c1-4-9-7-17-12(13-9)14-5-8(2)10(6-14)11(15)16-3/h7-8,10H,4-6H2,1-3H3. The zero-order valence-electron chi connectivity index (χ0n) is 10.5. The highest BCUT2D eigenvalue weighted by Gasteiger charge is 2.36. The van der Waals surface area contributed by atoms with Gasteiger partial charge in [0, 0.05) is 18.5 Å². The fraction of sp³-hybridized carbons (Fsp3) is 0.667. The van der Waals surface area contributed by atoms with Crippen LogP contribution in [-0.2, 0) is 16.0 Å². The van der Waals surface area contributed by atoms with E-state index >= 15 is 0 Å². The molecule has 0 aliphatic carbocycles. The summed E-state index contributed by atoms with van der Waals surface area (Å²) in [5, 5.41) is 3.12. The summed E-state index contributed by atoms with van der Waals surface area (Å²) in [5.41, 5.74) is 1.12. The van der Waals surface area contributed by atoms with E-state index in [9.17, 15) is 4.79 Å². The number of hydrogen-bond acceptors (Lipinski definition) is 5. The van der Waals surface area contributed by atoms with Crippen LogP contribution in [0.4, 0.5) is 5.13 Å². The molecule has 1 aliphatic heterocycles. The Balaban J connectivity index is 2.08. The largest absolute Gasteiger partial charge is 0.469 e. The minimum absolute atomic E-state index is 0.0195. The van der Waals surface area contributed by atoms with E-state index in [-0.39, 0.29) is 11.9 Å². The molecule has 2 rings (SSSR count). The van der Waals surface area contributed by atoms with Crippen LogP contribution >= 0.6 is 11.3 Å². The Bertz CT molecular complexity index is 405. The highest BCUT2D eigenvalue weighted by molar-refractivity contribution is 7.13. The Morgan fingerprint density at radius 3 is 3.00 bits per heavy atom. The van der Waals surface area contributed by atoms with Crippen molar-refractivity contribution in [1.82, 2.24) is 4.98 Å². The van der Waals surface area contributed by atoms with Crippen molar-refractivity contribution >= 4 is 22.4 Å². The summed E-state index contributed by atoms with van der Waals surface area (Å²) < 4.78 is 4.83. The van der Waals surface area contributed by atoms with Crippen molar-refractivity contribution in [2.24, 2.45) is 11.8 Å². The molecule has 2 atom stereocenters. The number of nitrogens with zero attached hydrogens (tertiary/aromatic N) is 2. The van der Waals surface area contributed by atoms with E-state index in [0.717, 1.165) is 30.3 Å². The van der Waals surface area contributed by atoms with Crippen molar-refractivity contribution in [2.75, 3.05) is 25.1 Å². The zero-order valence-corrected chi connectivity index (χ0v) is 11.3. The molecule has 2 unspecified atom stereocenters. The third-order valence-electron chi connectivity index (χ3n) is 3.29. The molecule has 0 bridgehead atoms. The lowest BCUT2D eigenvalue weighted by atomic mass is 9.99. The lowest BCUT2D eigenvalue weighted by Crippen LogP contribution is -2.24. The smallest absolute Gasteiger partial charge is 0.310 e. The average molecular weight is 254 g/mol.